The highest BCUT2D eigenvalue weighted by Crippen LogP contribution is 2.27. The van der Waals surface area contributed by atoms with Crippen molar-refractivity contribution < 1.29 is 4.39 Å². The Morgan fingerprint density at radius 3 is 2.80 bits per heavy atom. The van der Waals surface area contributed by atoms with E-state index in [1.165, 1.54) is 17.9 Å². The van der Waals surface area contributed by atoms with Crippen LogP contribution in [0.1, 0.15) is 24.9 Å². The minimum Gasteiger partial charge on any atom is -0.313 e. The van der Waals surface area contributed by atoms with E-state index >= 15 is 0 Å². The molecule has 0 spiro atoms. The van der Waals surface area contributed by atoms with Crippen LogP contribution < -0.4 is 5.32 Å². The van der Waals surface area contributed by atoms with E-state index in [1.54, 1.807) is 12.1 Å². The molecule has 20 heavy (non-hydrogen) atoms. The van der Waals surface area contributed by atoms with E-state index in [4.69, 9.17) is 0 Å². The predicted octanol–water partition coefficient (Wildman–Crippen LogP) is 3.16. The molecule has 1 heterocycles. The lowest BCUT2D eigenvalue weighted by molar-refractivity contribution is 0.205. The first-order chi connectivity index (χ1) is 9.63. The Kier molecular flexibility index (Phi) is 5.87. The van der Waals surface area contributed by atoms with Crippen molar-refractivity contribution in [3.05, 3.63) is 35.6 Å². The fourth-order valence-corrected chi connectivity index (χ4v) is 4.35. The number of hydrogen-bond acceptors (Lipinski definition) is 3. The molecule has 3 unspecified atom stereocenters. The highest BCUT2D eigenvalue weighted by atomic mass is 32.2. The van der Waals surface area contributed by atoms with Gasteiger partial charge in [0.1, 0.15) is 5.82 Å². The Bertz CT molecular complexity index is 421. The second kappa shape index (κ2) is 7.43. The van der Waals surface area contributed by atoms with Gasteiger partial charge in [0, 0.05) is 29.9 Å². The monoisotopic (exact) mass is 296 g/mol. The number of benzene rings is 1. The van der Waals surface area contributed by atoms with Gasteiger partial charge in [-0.3, -0.25) is 0 Å². The Morgan fingerprint density at radius 1 is 1.45 bits per heavy atom. The van der Waals surface area contributed by atoms with E-state index in [1.807, 2.05) is 30.9 Å². The Hall–Kier alpha value is -0.580. The molecule has 1 saturated heterocycles. The summed E-state index contributed by atoms with van der Waals surface area (Å²) in [6, 6.07) is 7.83. The van der Waals surface area contributed by atoms with Gasteiger partial charge < -0.3 is 10.2 Å². The minimum absolute atomic E-state index is 0.0627. The maximum Gasteiger partial charge on any atom is 0.127 e. The summed E-state index contributed by atoms with van der Waals surface area (Å²) in [6.07, 6.45) is 1.28. The van der Waals surface area contributed by atoms with Crippen molar-refractivity contribution in [2.24, 2.45) is 5.92 Å². The molecular weight excluding hydrogens is 271 g/mol. The third-order valence-electron chi connectivity index (χ3n) is 4.23. The molecule has 4 heteroatoms. The largest absolute Gasteiger partial charge is 0.313 e. The number of rotatable bonds is 6. The molecule has 1 aliphatic rings. The number of halogens is 1. The summed E-state index contributed by atoms with van der Waals surface area (Å²) in [5.74, 6) is 2.75. The van der Waals surface area contributed by atoms with Crippen molar-refractivity contribution >= 4 is 11.8 Å². The number of nitrogens with zero attached hydrogens (tertiary/aromatic N) is 1. The van der Waals surface area contributed by atoms with Crippen molar-refractivity contribution in [2.75, 3.05) is 32.1 Å². The number of hydrogen-bond donors (Lipinski definition) is 1. The summed E-state index contributed by atoms with van der Waals surface area (Å²) in [4.78, 5) is 2.44. The second-order valence-electron chi connectivity index (χ2n) is 5.72. The number of thioether (sulfide) groups is 1. The molecule has 1 N–H and O–H groups in total. The van der Waals surface area contributed by atoms with Crippen molar-refractivity contribution in [3.63, 3.8) is 0 Å². The fourth-order valence-electron chi connectivity index (χ4n) is 3.05. The highest BCUT2D eigenvalue weighted by Gasteiger charge is 2.25. The van der Waals surface area contributed by atoms with Crippen LogP contribution in [0, 0.1) is 11.7 Å². The first-order valence-corrected chi connectivity index (χ1v) is 8.48. The van der Waals surface area contributed by atoms with Gasteiger partial charge in [-0.15, -0.1) is 0 Å². The summed E-state index contributed by atoms with van der Waals surface area (Å²) < 4.78 is 14.0. The van der Waals surface area contributed by atoms with Gasteiger partial charge >= 0.3 is 0 Å². The average molecular weight is 296 g/mol. The fraction of sp³-hybridized carbons (Fsp3) is 0.625. The van der Waals surface area contributed by atoms with Gasteiger partial charge in [0.05, 0.1) is 0 Å². The van der Waals surface area contributed by atoms with Crippen molar-refractivity contribution in [1.82, 2.24) is 10.2 Å². The lowest BCUT2D eigenvalue weighted by Crippen LogP contribution is -2.38. The van der Waals surface area contributed by atoms with Crippen molar-refractivity contribution in [3.8, 4) is 0 Å². The Morgan fingerprint density at radius 2 is 2.20 bits per heavy atom. The maximum atomic E-state index is 14.0. The van der Waals surface area contributed by atoms with Gasteiger partial charge in [-0.1, -0.05) is 25.1 Å². The normalized spacial score (nSPS) is 22.1. The topological polar surface area (TPSA) is 15.3 Å². The summed E-state index contributed by atoms with van der Waals surface area (Å²) in [6.45, 7) is 3.19. The van der Waals surface area contributed by atoms with E-state index in [2.05, 4.69) is 24.2 Å². The summed E-state index contributed by atoms with van der Waals surface area (Å²) >= 11 is 2.03. The molecule has 2 nitrogen and oxygen atoms in total. The first kappa shape index (κ1) is 15.8. The zero-order chi connectivity index (χ0) is 14.5. The van der Waals surface area contributed by atoms with Gasteiger partial charge in [0.25, 0.3) is 0 Å². The van der Waals surface area contributed by atoms with Crippen molar-refractivity contribution in [2.45, 2.75) is 25.4 Å². The van der Waals surface area contributed by atoms with Crippen molar-refractivity contribution in [1.29, 1.82) is 0 Å². The molecule has 0 saturated carbocycles. The quantitative estimate of drug-likeness (QED) is 0.868. The van der Waals surface area contributed by atoms with E-state index in [9.17, 15) is 4.39 Å². The van der Waals surface area contributed by atoms with Crippen LogP contribution in [0.5, 0.6) is 0 Å². The minimum atomic E-state index is -0.113. The smallest absolute Gasteiger partial charge is 0.127 e. The van der Waals surface area contributed by atoms with Crippen LogP contribution in [0.2, 0.25) is 0 Å². The van der Waals surface area contributed by atoms with Crippen LogP contribution in [0.25, 0.3) is 0 Å². The van der Waals surface area contributed by atoms with E-state index in [-0.39, 0.29) is 11.9 Å². The van der Waals surface area contributed by atoms with Gasteiger partial charge in [-0.05, 0) is 38.3 Å². The molecule has 0 radical (unpaired) electrons. The van der Waals surface area contributed by atoms with Gasteiger partial charge in [-0.2, -0.15) is 11.8 Å². The zero-order valence-electron chi connectivity index (χ0n) is 12.6. The van der Waals surface area contributed by atoms with Crippen LogP contribution in [-0.2, 0) is 0 Å². The predicted molar refractivity (Wildman–Crippen MR) is 85.7 cm³/mol. The molecule has 112 valence electrons. The molecule has 0 aliphatic carbocycles. The molecule has 0 aromatic heterocycles. The standard InChI is InChI=1S/C16H25FN2S/c1-12(10-19(3)13-8-9-20-11-13)16(18-2)14-6-4-5-7-15(14)17/h4-7,12-13,16,18H,8-11H2,1-3H3. The van der Waals surface area contributed by atoms with Gasteiger partial charge in [0.2, 0.25) is 0 Å². The molecule has 1 aliphatic heterocycles. The molecular formula is C16H25FN2S. The lowest BCUT2D eigenvalue weighted by atomic mass is 9.93. The first-order valence-electron chi connectivity index (χ1n) is 7.33. The molecule has 3 atom stereocenters. The third kappa shape index (κ3) is 3.74. The van der Waals surface area contributed by atoms with E-state index < -0.39 is 0 Å². The summed E-state index contributed by atoms with van der Waals surface area (Å²) in [5, 5.41) is 3.28. The average Bonchev–Trinajstić information content (AvgIpc) is 2.96. The molecule has 1 fully saturated rings. The van der Waals surface area contributed by atoms with Crippen LogP contribution in [0.4, 0.5) is 4.39 Å². The molecule has 1 aromatic carbocycles. The summed E-state index contributed by atoms with van der Waals surface area (Å²) in [7, 11) is 4.11. The van der Waals surface area contributed by atoms with Crippen LogP contribution in [0.3, 0.4) is 0 Å². The highest BCUT2D eigenvalue weighted by molar-refractivity contribution is 7.99. The molecule has 0 amide bonds. The number of nitrogens with one attached hydrogen (secondary N) is 1. The van der Waals surface area contributed by atoms with Crippen LogP contribution in [0.15, 0.2) is 24.3 Å². The second-order valence-corrected chi connectivity index (χ2v) is 6.87. The van der Waals surface area contributed by atoms with Gasteiger partial charge in [-0.25, -0.2) is 4.39 Å². The van der Waals surface area contributed by atoms with Crippen LogP contribution in [-0.4, -0.2) is 43.1 Å². The summed E-state index contributed by atoms with van der Waals surface area (Å²) in [5.41, 5.74) is 0.775. The van der Waals surface area contributed by atoms with Gasteiger partial charge in [0.15, 0.2) is 0 Å². The molecule has 2 rings (SSSR count). The maximum absolute atomic E-state index is 14.0. The Labute approximate surface area is 126 Å². The lowest BCUT2D eigenvalue weighted by Gasteiger charge is -2.31. The SMILES string of the molecule is CNC(c1ccccc1F)C(C)CN(C)C1CCSC1. The zero-order valence-corrected chi connectivity index (χ0v) is 13.4. The molecule has 1 aromatic rings. The van der Waals surface area contributed by atoms with E-state index in [0.29, 0.717) is 12.0 Å². The molecule has 0 bridgehead atoms. The third-order valence-corrected chi connectivity index (χ3v) is 5.37. The Balaban J connectivity index is 2.01. The van der Waals surface area contributed by atoms with Crippen LogP contribution >= 0.6 is 11.8 Å². The van der Waals surface area contributed by atoms with E-state index in [0.717, 1.165) is 12.1 Å².